The molecule has 7 heteroatoms. The first kappa shape index (κ1) is 13.3. The molecule has 0 bridgehead atoms. The molecule has 0 aliphatic carbocycles. The highest BCUT2D eigenvalue weighted by Crippen LogP contribution is 2.24. The second-order valence-corrected chi connectivity index (χ2v) is 5.46. The molecule has 2 N–H and O–H groups in total. The Morgan fingerprint density at radius 1 is 1.40 bits per heavy atom. The van der Waals surface area contributed by atoms with Crippen molar-refractivity contribution in [3.8, 4) is 0 Å². The summed E-state index contributed by atoms with van der Waals surface area (Å²) >= 11 is 1.91. The maximum absolute atomic E-state index is 13.8. The van der Waals surface area contributed by atoms with Crippen molar-refractivity contribution in [1.82, 2.24) is 10.2 Å². The number of aliphatic hydroxyl groups is 1. The molecule has 0 radical (unpaired) electrons. The summed E-state index contributed by atoms with van der Waals surface area (Å²) in [6.45, 7) is 0. The maximum atomic E-state index is 13.8. The van der Waals surface area contributed by atoms with Crippen LogP contribution in [0.2, 0.25) is 0 Å². The Balaban J connectivity index is 2.02. The van der Waals surface area contributed by atoms with E-state index < -0.39 is 12.0 Å². The summed E-state index contributed by atoms with van der Waals surface area (Å²) in [5, 5.41) is 12.5. The van der Waals surface area contributed by atoms with Crippen molar-refractivity contribution in [2.24, 2.45) is 4.99 Å². The predicted molar refractivity (Wildman–Crippen MR) is 79.9 cm³/mol. The van der Waals surface area contributed by atoms with Crippen LogP contribution in [0.5, 0.6) is 0 Å². The Kier molecular flexibility index (Phi) is 3.30. The third-order valence-corrected chi connectivity index (χ3v) is 3.72. The molecule has 0 saturated heterocycles. The highest BCUT2D eigenvalue weighted by atomic mass is 127. The van der Waals surface area contributed by atoms with E-state index in [1.165, 1.54) is 23.2 Å². The lowest BCUT2D eigenvalue weighted by Gasteiger charge is -2.30. The lowest BCUT2D eigenvalue weighted by Crippen LogP contribution is -2.47. The molecule has 2 aliphatic rings. The van der Waals surface area contributed by atoms with Crippen molar-refractivity contribution in [2.75, 3.05) is 0 Å². The van der Waals surface area contributed by atoms with Crippen LogP contribution in [0.1, 0.15) is 5.56 Å². The molecule has 5 nitrogen and oxygen atoms in total. The first-order valence-corrected chi connectivity index (χ1v) is 6.84. The van der Waals surface area contributed by atoms with E-state index >= 15 is 0 Å². The Hall–Kier alpha value is -1.74. The smallest absolute Gasteiger partial charge is 0.259 e. The van der Waals surface area contributed by atoms with E-state index in [1.807, 2.05) is 22.6 Å². The zero-order valence-corrected chi connectivity index (χ0v) is 12.2. The molecule has 1 unspecified atom stereocenters. The van der Waals surface area contributed by atoms with Gasteiger partial charge in [0.15, 0.2) is 6.23 Å². The molecule has 2 aliphatic heterocycles. The lowest BCUT2D eigenvalue weighted by molar-refractivity contribution is -0.121. The second-order valence-electron chi connectivity index (χ2n) is 4.21. The zero-order chi connectivity index (χ0) is 14.3. The number of guanidine groups is 1. The fourth-order valence-electron chi connectivity index (χ4n) is 1.93. The number of aliphatic hydroxyl groups excluding tert-OH is 1. The van der Waals surface area contributed by atoms with E-state index in [-0.39, 0.29) is 17.4 Å². The first-order valence-electron chi connectivity index (χ1n) is 5.76. The molecule has 1 aromatic rings. The standard InChI is InChI=1S/C13H9FIN3O2/c14-8-4-2-1-3-7(8)10-5-11(19)18-6-9(15)12(20)17-13(18)16-10/h1-6,12,20H,(H,16,17). The number of fused-ring (bicyclic) bond motifs is 1. The molecule has 102 valence electrons. The third-order valence-electron chi connectivity index (χ3n) is 2.89. The number of hydrogen-bond acceptors (Lipinski definition) is 4. The van der Waals surface area contributed by atoms with Crippen molar-refractivity contribution >= 4 is 40.2 Å². The molecular formula is C13H9FIN3O2. The second kappa shape index (κ2) is 4.98. The van der Waals surface area contributed by atoms with Crippen molar-refractivity contribution in [2.45, 2.75) is 6.23 Å². The minimum Gasteiger partial charge on any atom is -0.367 e. The SMILES string of the molecule is O=C1C=C(c2ccccc2F)NC2=NC(O)C(I)=CN12. The summed E-state index contributed by atoms with van der Waals surface area (Å²) in [5.74, 6) is -0.597. The number of aliphatic imine (C=N–C) groups is 1. The number of nitrogens with zero attached hydrogens (tertiary/aromatic N) is 2. The molecule has 1 atom stereocenters. The highest BCUT2D eigenvalue weighted by molar-refractivity contribution is 14.1. The molecule has 1 amide bonds. The molecule has 0 saturated carbocycles. The number of nitrogens with one attached hydrogen (secondary N) is 1. The molecular weight excluding hydrogens is 376 g/mol. The van der Waals surface area contributed by atoms with Gasteiger partial charge in [0.25, 0.3) is 5.91 Å². The van der Waals surface area contributed by atoms with E-state index in [0.29, 0.717) is 9.28 Å². The fraction of sp³-hybridized carbons (Fsp3) is 0.0769. The minimum atomic E-state index is -1.01. The van der Waals surface area contributed by atoms with Gasteiger partial charge in [0.1, 0.15) is 5.82 Å². The van der Waals surface area contributed by atoms with Crippen LogP contribution in [0, 0.1) is 5.82 Å². The van der Waals surface area contributed by atoms with E-state index in [4.69, 9.17) is 0 Å². The van der Waals surface area contributed by atoms with Gasteiger partial charge in [-0.2, -0.15) is 0 Å². The number of rotatable bonds is 1. The van der Waals surface area contributed by atoms with Crippen LogP contribution in [-0.2, 0) is 4.79 Å². The number of carbonyl (C=O) groups is 1. The highest BCUT2D eigenvalue weighted by Gasteiger charge is 2.29. The summed E-state index contributed by atoms with van der Waals surface area (Å²) in [7, 11) is 0. The Labute approximate surface area is 127 Å². The normalized spacial score (nSPS) is 21.6. The Morgan fingerprint density at radius 3 is 2.90 bits per heavy atom. The van der Waals surface area contributed by atoms with Gasteiger partial charge in [-0.15, -0.1) is 0 Å². The topological polar surface area (TPSA) is 64.9 Å². The van der Waals surface area contributed by atoms with Crippen molar-refractivity contribution in [1.29, 1.82) is 0 Å². The summed E-state index contributed by atoms with van der Waals surface area (Å²) in [5.41, 5.74) is 0.600. The van der Waals surface area contributed by atoms with Crippen LogP contribution in [0.15, 0.2) is 45.1 Å². The zero-order valence-electron chi connectivity index (χ0n) is 10.0. The Morgan fingerprint density at radius 2 is 2.15 bits per heavy atom. The van der Waals surface area contributed by atoms with Crippen LogP contribution in [0.4, 0.5) is 4.39 Å². The number of hydrogen-bond donors (Lipinski definition) is 2. The number of carbonyl (C=O) groups excluding carboxylic acids is 1. The number of halogens is 2. The van der Waals surface area contributed by atoms with Crippen LogP contribution in [0.3, 0.4) is 0 Å². The molecule has 0 aromatic heterocycles. The van der Waals surface area contributed by atoms with E-state index in [1.54, 1.807) is 18.2 Å². The molecule has 0 fully saturated rings. The van der Waals surface area contributed by atoms with E-state index in [0.717, 1.165) is 0 Å². The van der Waals surface area contributed by atoms with Gasteiger partial charge in [-0.3, -0.25) is 9.69 Å². The van der Waals surface area contributed by atoms with Crippen LogP contribution < -0.4 is 5.32 Å². The summed E-state index contributed by atoms with van der Waals surface area (Å²) in [6, 6.07) is 6.13. The molecule has 0 spiro atoms. The maximum Gasteiger partial charge on any atom is 0.259 e. The van der Waals surface area contributed by atoms with Gasteiger partial charge in [-0.05, 0) is 34.7 Å². The fourth-order valence-corrected chi connectivity index (χ4v) is 2.34. The van der Waals surface area contributed by atoms with Gasteiger partial charge in [-0.1, -0.05) is 12.1 Å². The lowest BCUT2D eigenvalue weighted by atomic mass is 10.1. The van der Waals surface area contributed by atoms with Gasteiger partial charge in [0.05, 0.1) is 9.28 Å². The van der Waals surface area contributed by atoms with Gasteiger partial charge < -0.3 is 10.4 Å². The van der Waals surface area contributed by atoms with Crippen molar-refractivity contribution in [3.63, 3.8) is 0 Å². The molecule has 1 aromatic carbocycles. The summed E-state index contributed by atoms with van der Waals surface area (Å²) < 4.78 is 14.3. The predicted octanol–water partition coefficient (Wildman–Crippen LogP) is 1.56. The molecule has 2 heterocycles. The number of benzene rings is 1. The Bertz CT molecular complexity index is 684. The van der Waals surface area contributed by atoms with Crippen LogP contribution in [-0.4, -0.2) is 28.1 Å². The quantitative estimate of drug-likeness (QED) is 0.722. The molecule has 3 rings (SSSR count). The average Bonchev–Trinajstić information content (AvgIpc) is 2.41. The molecule has 20 heavy (non-hydrogen) atoms. The number of amides is 1. The largest absolute Gasteiger partial charge is 0.367 e. The third kappa shape index (κ3) is 2.22. The van der Waals surface area contributed by atoms with Crippen molar-refractivity contribution in [3.05, 3.63) is 51.5 Å². The van der Waals surface area contributed by atoms with E-state index in [9.17, 15) is 14.3 Å². The van der Waals surface area contributed by atoms with Gasteiger partial charge in [0, 0.05) is 17.8 Å². The van der Waals surface area contributed by atoms with Gasteiger partial charge in [-0.25, -0.2) is 9.38 Å². The monoisotopic (exact) mass is 385 g/mol. The van der Waals surface area contributed by atoms with Crippen LogP contribution in [0.25, 0.3) is 5.70 Å². The van der Waals surface area contributed by atoms with E-state index in [2.05, 4.69) is 10.3 Å². The van der Waals surface area contributed by atoms with Crippen molar-refractivity contribution < 1.29 is 14.3 Å². The average molecular weight is 385 g/mol. The minimum absolute atomic E-state index is 0.184. The summed E-state index contributed by atoms with van der Waals surface area (Å²) in [6.07, 6.45) is 1.79. The van der Waals surface area contributed by atoms with Crippen LogP contribution >= 0.6 is 22.6 Å². The van der Waals surface area contributed by atoms with Gasteiger partial charge >= 0.3 is 0 Å². The summed E-state index contributed by atoms with van der Waals surface area (Å²) in [4.78, 5) is 17.3. The van der Waals surface area contributed by atoms with Gasteiger partial charge in [0.2, 0.25) is 5.96 Å². The first-order chi connectivity index (χ1) is 9.56.